The van der Waals surface area contributed by atoms with E-state index in [1.165, 1.54) is 17.5 Å². The summed E-state index contributed by atoms with van der Waals surface area (Å²) in [6.45, 7) is 3.89. The van der Waals surface area contributed by atoms with Crippen LogP contribution in [-0.2, 0) is 0 Å². The van der Waals surface area contributed by atoms with Gasteiger partial charge >= 0.3 is 0 Å². The molecule has 8 heteroatoms. The van der Waals surface area contributed by atoms with Gasteiger partial charge in [0.1, 0.15) is 5.82 Å². The highest BCUT2D eigenvalue weighted by atomic mass is 79.9. The van der Waals surface area contributed by atoms with Gasteiger partial charge in [-0.05, 0) is 15.9 Å². The Hall–Kier alpha value is -1.05. The highest BCUT2D eigenvalue weighted by Gasteiger charge is 2.16. The number of aromatic nitrogens is 3. The highest BCUT2D eigenvalue weighted by molar-refractivity contribution is 9.11. The van der Waals surface area contributed by atoms with E-state index < -0.39 is 5.91 Å². The molecule has 1 N–H and O–H groups in total. The first kappa shape index (κ1) is 14.4. The van der Waals surface area contributed by atoms with Crippen LogP contribution in [-0.4, -0.2) is 20.9 Å². The zero-order valence-electron chi connectivity index (χ0n) is 10.1. The van der Waals surface area contributed by atoms with Crippen molar-refractivity contribution in [3.63, 3.8) is 0 Å². The Bertz CT molecular complexity index is 616. The lowest BCUT2D eigenvalue weighted by Gasteiger charge is -2.07. The van der Waals surface area contributed by atoms with Crippen LogP contribution in [0.15, 0.2) is 16.2 Å². The van der Waals surface area contributed by atoms with E-state index in [1.54, 1.807) is 6.20 Å². The second kappa shape index (κ2) is 5.94. The molecule has 2 heterocycles. The first-order valence-electron chi connectivity index (χ1n) is 5.42. The van der Waals surface area contributed by atoms with Gasteiger partial charge in [0.25, 0.3) is 5.91 Å². The van der Waals surface area contributed by atoms with Gasteiger partial charge in [0.15, 0.2) is 10.8 Å². The topological polar surface area (TPSA) is 67.8 Å². The van der Waals surface area contributed by atoms with Crippen LogP contribution >= 0.6 is 38.9 Å². The number of carbonyl (C=O) groups excluding carboxylic acids is 1. The molecule has 0 saturated carbocycles. The normalized spacial score (nSPS) is 10.8. The zero-order chi connectivity index (χ0) is 14.0. The maximum atomic E-state index is 12.1. The fourth-order valence-corrected chi connectivity index (χ4v) is 2.57. The van der Waals surface area contributed by atoms with E-state index >= 15 is 0 Å². The number of amides is 1. The lowest BCUT2D eigenvalue weighted by molar-refractivity contribution is 0.102. The van der Waals surface area contributed by atoms with E-state index in [1.807, 2.05) is 13.8 Å². The molecule has 2 aromatic rings. The summed E-state index contributed by atoms with van der Waals surface area (Å²) >= 11 is 10.5. The summed E-state index contributed by atoms with van der Waals surface area (Å²) in [5.74, 6) is 0.309. The summed E-state index contributed by atoms with van der Waals surface area (Å²) in [4.78, 5) is 24.4. The third-order valence-electron chi connectivity index (χ3n) is 2.19. The van der Waals surface area contributed by atoms with Crippen molar-refractivity contribution in [2.75, 3.05) is 5.32 Å². The Kier molecular flexibility index (Phi) is 4.49. The molecule has 19 heavy (non-hydrogen) atoms. The van der Waals surface area contributed by atoms with Gasteiger partial charge in [0, 0.05) is 5.92 Å². The summed E-state index contributed by atoms with van der Waals surface area (Å²) in [7, 11) is 0. The van der Waals surface area contributed by atoms with E-state index in [9.17, 15) is 4.79 Å². The van der Waals surface area contributed by atoms with Gasteiger partial charge in [-0.3, -0.25) is 10.1 Å². The second-order valence-corrected chi connectivity index (χ2v) is 6.82. The van der Waals surface area contributed by atoms with Gasteiger partial charge in [-0.1, -0.05) is 36.8 Å². The Morgan fingerprint density at radius 3 is 2.74 bits per heavy atom. The van der Waals surface area contributed by atoms with Gasteiger partial charge < -0.3 is 0 Å². The third-order valence-corrected chi connectivity index (χ3v) is 3.86. The quantitative estimate of drug-likeness (QED) is 0.904. The fourth-order valence-electron chi connectivity index (χ4n) is 1.29. The molecular weight excluding hydrogens is 352 g/mol. The van der Waals surface area contributed by atoms with Gasteiger partial charge in [0.05, 0.1) is 21.2 Å². The minimum atomic E-state index is -0.392. The minimum absolute atomic E-state index is 0.123. The van der Waals surface area contributed by atoms with Crippen LogP contribution in [0.5, 0.6) is 0 Å². The number of nitrogens with zero attached hydrogens (tertiary/aromatic N) is 3. The van der Waals surface area contributed by atoms with Crippen LogP contribution in [0, 0.1) is 0 Å². The maximum absolute atomic E-state index is 12.1. The van der Waals surface area contributed by atoms with Crippen LogP contribution in [0.2, 0.25) is 5.02 Å². The summed E-state index contributed by atoms with van der Waals surface area (Å²) < 4.78 is 0.833. The molecule has 0 aliphatic carbocycles. The number of hydrogen-bond acceptors (Lipinski definition) is 5. The number of thiazole rings is 1. The number of rotatable bonds is 3. The average molecular weight is 362 g/mol. The molecule has 0 atom stereocenters. The number of halogens is 2. The predicted molar refractivity (Wildman–Crippen MR) is 78.9 cm³/mol. The molecule has 100 valence electrons. The monoisotopic (exact) mass is 360 g/mol. The highest BCUT2D eigenvalue weighted by Crippen LogP contribution is 2.24. The third kappa shape index (κ3) is 3.49. The SMILES string of the molecule is CC(C)c1ncc(Cl)c(C(=O)Nc2ncc(Br)s2)n1. The van der Waals surface area contributed by atoms with Crippen molar-refractivity contribution in [2.45, 2.75) is 19.8 Å². The number of anilines is 1. The molecule has 0 radical (unpaired) electrons. The maximum Gasteiger partial charge on any atom is 0.277 e. The Morgan fingerprint density at radius 2 is 2.16 bits per heavy atom. The molecule has 2 rings (SSSR count). The first-order chi connectivity index (χ1) is 8.97. The number of nitrogens with one attached hydrogen (secondary N) is 1. The molecule has 2 aromatic heterocycles. The van der Waals surface area contributed by atoms with E-state index in [2.05, 4.69) is 36.2 Å². The lowest BCUT2D eigenvalue weighted by Crippen LogP contribution is -2.16. The standard InChI is InChI=1S/C11H10BrClN4OS/c1-5(2)9-14-3-6(13)8(16-9)10(18)17-11-15-4-7(12)19-11/h3-5H,1-2H3,(H,15,17,18). The van der Waals surface area contributed by atoms with E-state index in [4.69, 9.17) is 11.6 Å². The van der Waals surface area contributed by atoms with Crippen LogP contribution in [0.4, 0.5) is 5.13 Å². The van der Waals surface area contributed by atoms with Crippen molar-refractivity contribution < 1.29 is 4.79 Å². The van der Waals surface area contributed by atoms with E-state index in [0.29, 0.717) is 11.0 Å². The number of carbonyl (C=O) groups is 1. The van der Waals surface area contributed by atoms with Crippen molar-refractivity contribution in [1.29, 1.82) is 0 Å². The van der Waals surface area contributed by atoms with Crippen LogP contribution in [0.25, 0.3) is 0 Å². The van der Waals surface area contributed by atoms with Crippen molar-refractivity contribution in [2.24, 2.45) is 0 Å². The summed E-state index contributed by atoms with van der Waals surface area (Å²) in [6, 6.07) is 0. The molecule has 5 nitrogen and oxygen atoms in total. The molecule has 0 fully saturated rings. The molecule has 0 unspecified atom stereocenters. The molecule has 0 spiro atoms. The molecule has 1 amide bonds. The molecule has 0 aliphatic rings. The molecule has 0 bridgehead atoms. The predicted octanol–water partition coefficient (Wildman–Crippen LogP) is 3.72. The zero-order valence-corrected chi connectivity index (χ0v) is 13.3. The summed E-state index contributed by atoms with van der Waals surface area (Å²) in [5.41, 5.74) is 0.159. The summed E-state index contributed by atoms with van der Waals surface area (Å²) in [6.07, 6.45) is 3.05. The van der Waals surface area contributed by atoms with E-state index in [-0.39, 0.29) is 16.6 Å². The average Bonchev–Trinajstić information content (AvgIpc) is 2.74. The van der Waals surface area contributed by atoms with Crippen LogP contribution in [0.1, 0.15) is 36.1 Å². The van der Waals surface area contributed by atoms with Crippen LogP contribution < -0.4 is 5.32 Å². The van der Waals surface area contributed by atoms with E-state index in [0.717, 1.165) is 3.79 Å². The van der Waals surface area contributed by atoms with Gasteiger partial charge in [0.2, 0.25) is 0 Å². The van der Waals surface area contributed by atoms with Crippen molar-refractivity contribution >= 4 is 49.9 Å². The second-order valence-electron chi connectivity index (χ2n) is 4.00. The van der Waals surface area contributed by atoms with Crippen molar-refractivity contribution in [3.05, 3.63) is 32.7 Å². The largest absolute Gasteiger partial charge is 0.296 e. The van der Waals surface area contributed by atoms with Gasteiger partial charge in [-0.25, -0.2) is 15.0 Å². The molecule has 0 saturated heterocycles. The molecule has 0 aliphatic heterocycles. The Balaban J connectivity index is 2.25. The summed E-state index contributed by atoms with van der Waals surface area (Å²) in [5, 5.41) is 3.35. The minimum Gasteiger partial charge on any atom is -0.296 e. The Morgan fingerprint density at radius 1 is 1.42 bits per heavy atom. The van der Waals surface area contributed by atoms with Gasteiger partial charge in [-0.2, -0.15) is 0 Å². The Labute approximate surface area is 127 Å². The molecular formula is C11H10BrClN4OS. The van der Waals surface area contributed by atoms with Crippen molar-refractivity contribution in [1.82, 2.24) is 15.0 Å². The lowest BCUT2D eigenvalue weighted by atomic mass is 10.2. The van der Waals surface area contributed by atoms with Crippen molar-refractivity contribution in [3.8, 4) is 0 Å². The number of hydrogen-bond donors (Lipinski definition) is 1. The smallest absolute Gasteiger partial charge is 0.277 e. The van der Waals surface area contributed by atoms with Crippen LogP contribution in [0.3, 0.4) is 0 Å². The first-order valence-corrected chi connectivity index (χ1v) is 7.41. The fraction of sp³-hybridized carbons (Fsp3) is 0.273. The van der Waals surface area contributed by atoms with Gasteiger partial charge in [-0.15, -0.1) is 0 Å². The molecule has 0 aromatic carbocycles.